The Bertz CT molecular complexity index is 487. The molecule has 1 N–H and O–H groups in total. The summed E-state index contributed by atoms with van der Waals surface area (Å²) >= 11 is 1.59. The fourth-order valence-electron chi connectivity index (χ4n) is 1.31. The number of rotatable bonds is 4. The number of hydrogen-bond donors (Lipinski definition) is 1. The molecule has 0 spiro atoms. The van der Waals surface area contributed by atoms with Crippen molar-refractivity contribution < 1.29 is 0 Å². The molecule has 2 rings (SSSR count). The summed E-state index contributed by atoms with van der Waals surface area (Å²) in [5.41, 5.74) is 3.45. The summed E-state index contributed by atoms with van der Waals surface area (Å²) in [6.45, 7) is 0.732. The van der Waals surface area contributed by atoms with Crippen LogP contribution < -0.4 is 5.32 Å². The molecule has 4 nitrogen and oxygen atoms in total. The van der Waals surface area contributed by atoms with Gasteiger partial charge in [-0.1, -0.05) is 0 Å². The lowest BCUT2D eigenvalue weighted by molar-refractivity contribution is 0.967. The van der Waals surface area contributed by atoms with Crippen LogP contribution in [0.15, 0.2) is 29.2 Å². The van der Waals surface area contributed by atoms with Gasteiger partial charge in [0.25, 0.3) is 0 Å². The Kier molecular flexibility index (Phi) is 3.46. The van der Waals surface area contributed by atoms with Gasteiger partial charge < -0.3 is 5.32 Å². The quantitative estimate of drug-likeness (QED) is 0.873. The van der Waals surface area contributed by atoms with Crippen LogP contribution in [0.3, 0.4) is 0 Å². The molecule has 0 saturated carbocycles. The van der Waals surface area contributed by atoms with Crippen molar-refractivity contribution in [1.82, 2.24) is 9.97 Å². The molecule has 16 heavy (non-hydrogen) atoms. The van der Waals surface area contributed by atoms with Crippen molar-refractivity contribution in [3.05, 3.63) is 40.5 Å². The van der Waals surface area contributed by atoms with E-state index in [1.54, 1.807) is 29.7 Å². The largest absolute Gasteiger partial charge is 0.369 e. The van der Waals surface area contributed by atoms with Crippen LogP contribution >= 0.6 is 11.3 Å². The first-order valence-corrected chi connectivity index (χ1v) is 5.80. The van der Waals surface area contributed by atoms with Gasteiger partial charge in [0.2, 0.25) is 0 Å². The molecule has 0 saturated heterocycles. The molecule has 0 aromatic carbocycles. The molecular formula is C11H10N4S. The van der Waals surface area contributed by atoms with E-state index in [0.29, 0.717) is 11.4 Å². The lowest BCUT2D eigenvalue weighted by Gasteiger charge is -2.05. The molecule has 0 amide bonds. The van der Waals surface area contributed by atoms with Gasteiger partial charge in [-0.15, -0.1) is 11.3 Å². The lowest BCUT2D eigenvalue weighted by atomic mass is 10.2. The normalized spacial score (nSPS) is 9.69. The maximum Gasteiger partial charge on any atom is 0.143 e. The molecule has 0 aliphatic heterocycles. The molecule has 5 heteroatoms. The highest BCUT2D eigenvalue weighted by atomic mass is 32.1. The number of anilines is 1. The summed E-state index contributed by atoms with van der Waals surface area (Å²) in [6.07, 6.45) is 2.51. The molecule has 0 aliphatic rings. The second kappa shape index (κ2) is 5.24. The van der Waals surface area contributed by atoms with Crippen molar-refractivity contribution >= 4 is 17.2 Å². The van der Waals surface area contributed by atoms with Gasteiger partial charge in [0.1, 0.15) is 11.9 Å². The van der Waals surface area contributed by atoms with Gasteiger partial charge in [-0.2, -0.15) is 5.26 Å². The van der Waals surface area contributed by atoms with Gasteiger partial charge in [-0.3, -0.25) is 0 Å². The van der Waals surface area contributed by atoms with E-state index < -0.39 is 0 Å². The minimum Gasteiger partial charge on any atom is -0.369 e. The molecule has 0 atom stereocenters. The van der Waals surface area contributed by atoms with Crippen molar-refractivity contribution in [2.75, 3.05) is 11.9 Å². The molecule has 0 bridgehead atoms. The van der Waals surface area contributed by atoms with E-state index in [4.69, 9.17) is 5.26 Å². The molecule has 0 unspecified atom stereocenters. The Morgan fingerprint density at radius 1 is 1.44 bits per heavy atom. The first-order chi connectivity index (χ1) is 7.90. The summed E-state index contributed by atoms with van der Waals surface area (Å²) in [6, 6.07) is 5.60. The van der Waals surface area contributed by atoms with Crippen LogP contribution in [-0.4, -0.2) is 16.5 Å². The Hall–Kier alpha value is -1.93. The van der Waals surface area contributed by atoms with Crippen LogP contribution in [0.4, 0.5) is 5.82 Å². The fraction of sp³-hybridized carbons (Fsp3) is 0.182. The number of pyridine rings is 1. The Morgan fingerprint density at radius 2 is 2.38 bits per heavy atom. The second-order valence-electron chi connectivity index (χ2n) is 3.17. The van der Waals surface area contributed by atoms with Crippen molar-refractivity contribution in [2.24, 2.45) is 0 Å². The Labute approximate surface area is 97.6 Å². The smallest absolute Gasteiger partial charge is 0.143 e. The van der Waals surface area contributed by atoms with Gasteiger partial charge >= 0.3 is 0 Å². The molecule has 2 heterocycles. The Balaban J connectivity index is 1.93. The zero-order valence-corrected chi connectivity index (χ0v) is 9.37. The van der Waals surface area contributed by atoms with E-state index in [0.717, 1.165) is 18.7 Å². The van der Waals surface area contributed by atoms with Crippen molar-refractivity contribution in [1.29, 1.82) is 5.26 Å². The lowest BCUT2D eigenvalue weighted by Crippen LogP contribution is -2.07. The highest BCUT2D eigenvalue weighted by Gasteiger charge is 2.01. The number of nitrogens with zero attached hydrogens (tertiary/aromatic N) is 3. The molecular weight excluding hydrogens is 220 g/mol. The van der Waals surface area contributed by atoms with Crippen LogP contribution in [0.2, 0.25) is 0 Å². The molecule has 0 radical (unpaired) electrons. The highest BCUT2D eigenvalue weighted by Crippen LogP contribution is 2.09. The van der Waals surface area contributed by atoms with Crippen LogP contribution in [0.5, 0.6) is 0 Å². The van der Waals surface area contributed by atoms with E-state index in [1.807, 2.05) is 10.9 Å². The minimum absolute atomic E-state index is 0.570. The first-order valence-electron chi connectivity index (χ1n) is 4.86. The van der Waals surface area contributed by atoms with Gasteiger partial charge in [0.05, 0.1) is 16.8 Å². The van der Waals surface area contributed by atoms with E-state index in [2.05, 4.69) is 21.4 Å². The van der Waals surface area contributed by atoms with Gasteiger partial charge in [0, 0.05) is 24.5 Å². The summed E-state index contributed by atoms with van der Waals surface area (Å²) in [5, 5.41) is 14.0. The number of thiazole rings is 1. The summed E-state index contributed by atoms with van der Waals surface area (Å²) in [4.78, 5) is 8.30. The van der Waals surface area contributed by atoms with E-state index in [9.17, 15) is 0 Å². The third-order valence-electron chi connectivity index (χ3n) is 2.09. The summed E-state index contributed by atoms with van der Waals surface area (Å²) in [5.74, 6) is 0.639. The number of hydrogen-bond acceptors (Lipinski definition) is 5. The highest BCUT2D eigenvalue weighted by molar-refractivity contribution is 7.07. The number of nitriles is 1. The molecule has 0 aliphatic carbocycles. The van der Waals surface area contributed by atoms with Crippen molar-refractivity contribution in [3.63, 3.8) is 0 Å². The van der Waals surface area contributed by atoms with Crippen molar-refractivity contribution in [3.8, 4) is 6.07 Å². The predicted molar refractivity (Wildman–Crippen MR) is 63.3 cm³/mol. The maximum absolute atomic E-state index is 8.86. The third kappa shape index (κ3) is 2.55. The first kappa shape index (κ1) is 10.6. The minimum atomic E-state index is 0.570. The second-order valence-corrected chi connectivity index (χ2v) is 3.89. The molecule has 2 aromatic heterocycles. The van der Waals surface area contributed by atoms with E-state index in [1.165, 1.54) is 0 Å². The van der Waals surface area contributed by atoms with Gasteiger partial charge in [-0.25, -0.2) is 9.97 Å². The van der Waals surface area contributed by atoms with Crippen LogP contribution in [-0.2, 0) is 6.42 Å². The predicted octanol–water partition coefficient (Wildman–Crippen LogP) is 2.06. The molecule has 2 aromatic rings. The third-order valence-corrected chi connectivity index (χ3v) is 2.72. The van der Waals surface area contributed by atoms with Crippen LogP contribution in [0.25, 0.3) is 0 Å². The average Bonchev–Trinajstić information content (AvgIpc) is 2.83. The Morgan fingerprint density at radius 3 is 3.12 bits per heavy atom. The van der Waals surface area contributed by atoms with Crippen LogP contribution in [0.1, 0.15) is 11.3 Å². The number of nitrogens with one attached hydrogen (secondary N) is 1. The topological polar surface area (TPSA) is 61.6 Å². The average molecular weight is 230 g/mol. The number of aromatic nitrogens is 2. The molecule has 80 valence electrons. The monoisotopic (exact) mass is 230 g/mol. The maximum atomic E-state index is 8.86. The zero-order valence-electron chi connectivity index (χ0n) is 8.55. The van der Waals surface area contributed by atoms with Gasteiger partial charge in [0.15, 0.2) is 0 Å². The summed E-state index contributed by atoms with van der Waals surface area (Å²) in [7, 11) is 0. The standard InChI is InChI=1S/C11H10N4S/c12-6-9-2-1-4-13-11(9)14-5-3-10-7-16-8-15-10/h1-2,4,7-8H,3,5H2,(H,13,14). The fourth-order valence-corrected chi connectivity index (χ4v) is 1.90. The van der Waals surface area contributed by atoms with Crippen LogP contribution in [0, 0.1) is 11.3 Å². The van der Waals surface area contributed by atoms with E-state index in [-0.39, 0.29) is 0 Å². The van der Waals surface area contributed by atoms with Gasteiger partial charge in [-0.05, 0) is 12.1 Å². The SMILES string of the molecule is N#Cc1cccnc1NCCc1cscn1. The summed E-state index contributed by atoms with van der Waals surface area (Å²) < 4.78 is 0. The van der Waals surface area contributed by atoms with Crippen molar-refractivity contribution in [2.45, 2.75) is 6.42 Å². The molecule has 0 fully saturated rings. The van der Waals surface area contributed by atoms with E-state index >= 15 is 0 Å². The zero-order chi connectivity index (χ0) is 11.2.